The molecule has 2 aromatic carbocycles. The lowest BCUT2D eigenvalue weighted by molar-refractivity contribution is -0.123. The first-order valence-corrected chi connectivity index (χ1v) is 7.08. The van der Waals surface area contributed by atoms with E-state index in [0.29, 0.717) is 22.8 Å². The minimum atomic E-state index is -0.445. The summed E-state index contributed by atoms with van der Waals surface area (Å²) in [6.07, 6.45) is 1.32. The second kappa shape index (κ2) is 8.42. The van der Waals surface area contributed by atoms with Gasteiger partial charge in [-0.2, -0.15) is 5.10 Å². The van der Waals surface area contributed by atoms with Crippen LogP contribution in [0.15, 0.2) is 47.6 Å². The molecular formula is C17H18N2O5. The van der Waals surface area contributed by atoms with Gasteiger partial charge >= 0.3 is 0 Å². The Kier molecular flexibility index (Phi) is 6.01. The first-order chi connectivity index (χ1) is 11.6. The zero-order valence-electron chi connectivity index (χ0n) is 13.4. The van der Waals surface area contributed by atoms with Crippen LogP contribution in [0, 0.1) is 0 Å². The molecule has 7 nitrogen and oxygen atoms in total. The molecule has 0 spiro atoms. The molecule has 0 saturated carbocycles. The molecule has 7 heteroatoms. The number of benzene rings is 2. The molecule has 0 aliphatic carbocycles. The lowest BCUT2D eigenvalue weighted by Crippen LogP contribution is -2.24. The van der Waals surface area contributed by atoms with Crippen LogP contribution in [0.25, 0.3) is 0 Å². The fourth-order valence-corrected chi connectivity index (χ4v) is 1.85. The number of nitrogens with one attached hydrogen (secondary N) is 1. The Hall–Kier alpha value is -3.22. The van der Waals surface area contributed by atoms with Gasteiger partial charge in [-0.25, -0.2) is 5.43 Å². The van der Waals surface area contributed by atoms with Gasteiger partial charge in [-0.15, -0.1) is 0 Å². The number of para-hydroxylation sites is 2. The SMILES string of the molecule is COc1ccc(O)c(/C=N/NC(=O)COc2ccccc2OC)c1. The van der Waals surface area contributed by atoms with Gasteiger partial charge in [0, 0.05) is 5.56 Å². The largest absolute Gasteiger partial charge is 0.507 e. The highest BCUT2D eigenvalue weighted by atomic mass is 16.5. The van der Waals surface area contributed by atoms with Crippen molar-refractivity contribution in [3.63, 3.8) is 0 Å². The predicted octanol–water partition coefficient (Wildman–Crippen LogP) is 1.94. The van der Waals surface area contributed by atoms with E-state index in [1.807, 2.05) is 0 Å². The fraction of sp³-hybridized carbons (Fsp3) is 0.176. The average Bonchev–Trinajstić information content (AvgIpc) is 2.61. The van der Waals surface area contributed by atoms with Gasteiger partial charge in [0.25, 0.3) is 5.91 Å². The summed E-state index contributed by atoms with van der Waals surface area (Å²) in [5.41, 5.74) is 2.73. The topological polar surface area (TPSA) is 89.4 Å². The number of hydrogen-bond acceptors (Lipinski definition) is 6. The number of ether oxygens (including phenoxy) is 3. The van der Waals surface area contributed by atoms with Crippen LogP contribution in [0.1, 0.15) is 5.56 Å². The molecular weight excluding hydrogens is 312 g/mol. The van der Waals surface area contributed by atoms with Crippen molar-refractivity contribution < 1.29 is 24.1 Å². The number of phenols is 1. The zero-order chi connectivity index (χ0) is 17.4. The van der Waals surface area contributed by atoms with Crippen LogP contribution in [0.4, 0.5) is 0 Å². The standard InChI is InChI=1S/C17H18N2O5/c1-22-13-7-8-14(20)12(9-13)10-18-19-17(21)11-24-16-6-4-3-5-15(16)23-2/h3-10,20H,11H2,1-2H3,(H,19,21)/b18-10+. The molecule has 0 aromatic heterocycles. The van der Waals surface area contributed by atoms with E-state index >= 15 is 0 Å². The van der Waals surface area contributed by atoms with E-state index in [0.717, 1.165) is 0 Å². The van der Waals surface area contributed by atoms with Crippen LogP contribution >= 0.6 is 0 Å². The maximum atomic E-state index is 11.7. The van der Waals surface area contributed by atoms with Gasteiger partial charge in [-0.1, -0.05) is 12.1 Å². The van der Waals surface area contributed by atoms with Gasteiger partial charge in [-0.3, -0.25) is 4.79 Å². The molecule has 0 aliphatic rings. The Balaban J connectivity index is 1.89. The Morgan fingerprint density at radius 2 is 1.92 bits per heavy atom. The first-order valence-electron chi connectivity index (χ1n) is 7.08. The summed E-state index contributed by atoms with van der Waals surface area (Å²) in [6, 6.07) is 11.7. The number of aromatic hydroxyl groups is 1. The maximum Gasteiger partial charge on any atom is 0.277 e. The summed E-state index contributed by atoms with van der Waals surface area (Å²) in [5, 5.41) is 13.5. The number of carbonyl (C=O) groups excluding carboxylic acids is 1. The molecule has 2 aromatic rings. The number of methoxy groups -OCH3 is 2. The number of hydrogen-bond donors (Lipinski definition) is 2. The molecule has 0 saturated heterocycles. The molecule has 0 aliphatic heterocycles. The number of nitrogens with zero attached hydrogens (tertiary/aromatic N) is 1. The second-order valence-electron chi connectivity index (χ2n) is 4.66. The summed E-state index contributed by atoms with van der Waals surface area (Å²) >= 11 is 0. The lowest BCUT2D eigenvalue weighted by atomic mass is 10.2. The maximum absolute atomic E-state index is 11.7. The monoisotopic (exact) mass is 330 g/mol. The van der Waals surface area contributed by atoms with Crippen molar-refractivity contribution in [2.24, 2.45) is 5.10 Å². The van der Waals surface area contributed by atoms with Crippen molar-refractivity contribution in [1.29, 1.82) is 0 Å². The Bertz CT molecular complexity index is 731. The highest BCUT2D eigenvalue weighted by Gasteiger charge is 2.06. The molecule has 0 unspecified atom stereocenters. The molecule has 0 bridgehead atoms. The Labute approximate surface area is 139 Å². The van der Waals surface area contributed by atoms with Crippen LogP contribution in [0.3, 0.4) is 0 Å². The minimum absolute atomic E-state index is 0.0269. The summed E-state index contributed by atoms with van der Waals surface area (Å²) in [5.74, 6) is 1.15. The van der Waals surface area contributed by atoms with Gasteiger partial charge in [0.05, 0.1) is 20.4 Å². The van der Waals surface area contributed by atoms with Gasteiger partial charge in [0.1, 0.15) is 11.5 Å². The van der Waals surface area contributed by atoms with Gasteiger partial charge in [0.15, 0.2) is 18.1 Å². The number of amides is 1. The molecule has 126 valence electrons. The molecule has 24 heavy (non-hydrogen) atoms. The van der Waals surface area contributed by atoms with Crippen LogP contribution < -0.4 is 19.6 Å². The Morgan fingerprint density at radius 3 is 2.62 bits per heavy atom. The number of hydrazone groups is 1. The Morgan fingerprint density at radius 1 is 1.17 bits per heavy atom. The van der Waals surface area contributed by atoms with E-state index in [-0.39, 0.29) is 12.4 Å². The zero-order valence-corrected chi connectivity index (χ0v) is 13.4. The molecule has 0 atom stereocenters. The number of rotatable bonds is 7. The predicted molar refractivity (Wildman–Crippen MR) is 88.9 cm³/mol. The van der Waals surface area contributed by atoms with Crippen molar-refractivity contribution >= 4 is 12.1 Å². The second-order valence-corrected chi connectivity index (χ2v) is 4.66. The van der Waals surface area contributed by atoms with Gasteiger partial charge < -0.3 is 19.3 Å². The summed E-state index contributed by atoms with van der Waals surface area (Å²) in [4.78, 5) is 11.7. The molecule has 0 heterocycles. The van der Waals surface area contributed by atoms with E-state index < -0.39 is 5.91 Å². The third-order valence-corrected chi connectivity index (χ3v) is 3.06. The molecule has 0 radical (unpaired) electrons. The highest BCUT2D eigenvalue weighted by molar-refractivity contribution is 5.85. The number of phenolic OH excluding ortho intramolecular Hbond substituents is 1. The van der Waals surface area contributed by atoms with E-state index in [2.05, 4.69) is 10.5 Å². The van der Waals surface area contributed by atoms with Crippen molar-refractivity contribution in [1.82, 2.24) is 5.43 Å². The molecule has 2 rings (SSSR count). The van der Waals surface area contributed by atoms with Crippen LogP contribution in [0.2, 0.25) is 0 Å². The quantitative estimate of drug-likeness (QED) is 0.598. The van der Waals surface area contributed by atoms with E-state index in [1.54, 1.807) is 36.4 Å². The average molecular weight is 330 g/mol. The summed E-state index contributed by atoms with van der Waals surface area (Å²) in [7, 11) is 3.04. The summed E-state index contributed by atoms with van der Waals surface area (Å²) < 4.78 is 15.6. The van der Waals surface area contributed by atoms with E-state index in [1.165, 1.54) is 26.5 Å². The molecule has 1 amide bonds. The van der Waals surface area contributed by atoms with E-state index in [4.69, 9.17) is 14.2 Å². The normalized spacial score (nSPS) is 10.4. The van der Waals surface area contributed by atoms with Crippen molar-refractivity contribution in [3.05, 3.63) is 48.0 Å². The van der Waals surface area contributed by atoms with Crippen molar-refractivity contribution in [3.8, 4) is 23.0 Å². The summed E-state index contributed by atoms with van der Waals surface area (Å²) in [6.45, 7) is -0.220. The van der Waals surface area contributed by atoms with Gasteiger partial charge in [0.2, 0.25) is 0 Å². The van der Waals surface area contributed by atoms with Crippen LogP contribution in [-0.2, 0) is 4.79 Å². The third-order valence-electron chi connectivity index (χ3n) is 3.06. The van der Waals surface area contributed by atoms with Crippen LogP contribution in [-0.4, -0.2) is 38.1 Å². The van der Waals surface area contributed by atoms with Crippen molar-refractivity contribution in [2.75, 3.05) is 20.8 Å². The number of carbonyl (C=O) groups is 1. The lowest BCUT2D eigenvalue weighted by Gasteiger charge is -2.09. The smallest absolute Gasteiger partial charge is 0.277 e. The fourth-order valence-electron chi connectivity index (χ4n) is 1.85. The highest BCUT2D eigenvalue weighted by Crippen LogP contribution is 2.25. The third kappa shape index (κ3) is 4.64. The van der Waals surface area contributed by atoms with Crippen molar-refractivity contribution in [2.45, 2.75) is 0 Å². The first kappa shape index (κ1) is 17.1. The molecule has 2 N–H and O–H groups in total. The van der Waals surface area contributed by atoms with Crippen LogP contribution in [0.5, 0.6) is 23.0 Å². The minimum Gasteiger partial charge on any atom is -0.507 e. The molecule has 0 fully saturated rings. The van der Waals surface area contributed by atoms with E-state index in [9.17, 15) is 9.90 Å². The van der Waals surface area contributed by atoms with Gasteiger partial charge in [-0.05, 0) is 30.3 Å².